The van der Waals surface area contributed by atoms with Crippen LogP contribution in [0.25, 0.3) is 0 Å². The molecule has 0 saturated carbocycles. The zero-order chi connectivity index (χ0) is 15.6. The predicted molar refractivity (Wildman–Crippen MR) is 80.8 cm³/mol. The van der Waals surface area contributed by atoms with E-state index in [0.29, 0.717) is 15.7 Å². The molecule has 2 aromatic rings. The predicted octanol–water partition coefficient (Wildman–Crippen LogP) is 3.80. The van der Waals surface area contributed by atoms with Crippen LogP contribution in [0.15, 0.2) is 40.9 Å². The van der Waals surface area contributed by atoms with Crippen molar-refractivity contribution in [2.45, 2.75) is 13.0 Å². The Kier molecular flexibility index (Phi) is 4.57. The van der Waals surface area contributed by atoms with Gasteiger partial charge in [0.05, 0.1) is 6.04 Å². The molecule has 0 fully saturated rings. The highest BCUT2D eigenvalue weighted by Crippen LogP contribution is 2.22. The highest BCUT2D eigenvalue weighted by Gasteiger charge is 2.16. The van der Waals surface area contributed by atoms with E-state index in [1.165, 1.54) is 6.07 Å². The van der Waals surface area contributed by atoms with Gasteiger partial charge in [-0.05, 0) is 59.3 Å². The standard InChI is InChI=1S/C15H13BrF2N2O/c1-8(11-7-10(17)3-5-13(11)18)20-15(21)9-2-4-12(16)14(19)6-9/h2-8H,19H2,1H3,(H,20,21). The van der Waals surface area contributed by atoms with E-state index in [1.54, 1.807) is 19.1 Å². The van der Waals surface area contributed by atoms with Crippen LogP contribution in [0.1, 0.15) is 28.9 Å². The molecule has 0 aliphatic rings. The van der Waals surface area contributed by atoms with Crippen molar-refractivity contribution in [3.63, 3.8) is 0 Å². The molecule has 1 atom stereocenters. The molecule has 3 N–H and O–H groups in total. The highest BCUT2D eigenvalue weighted by molar-refractivity contribution is 9.10. The smallest absolute Gasteiger partial charge is 0.251 e. The summed E-state index contributed by atoms with van der Waals surface area (Å²) in [5.41, 5.74) is 6.57. The first-order valence-electron chi connectivity index (χ1n) is 6.19. The zero-order valence-electron chi connectivity index (χ0n) is 11.2. The second kappa shape index (κ2) is 6.22. The van der Waals surface area contributed by atoms with Crippen LogP contribution in [0.3, 0.4) is 0 Å². The summed E-state index contributed by atoms with van der Waals surface area (Å²) >= 11 is 3.24. The number of benzene rings is 2. The molecule has 0 bridgehead atoms. The summed E-state index contributed by atoms with van der Waals surface area (Å²) < 4.78 is 27.5. The summed E-state index contributed by atoms with van der Waals surface area (Å²) in [5.74, 6) is -1.54. The van der Waals surface area contributed by atoms with Crippen molar-refractivity contribution in [2.75, 3.05) is 5.73 Å². The maximum Gasteiger partial charge on any atom is 0.251 e. The molecule has 21 heavy (non-hydrogen) atoms. The lowest BCUT2D eigenvalue weighted by Gasteiger charge is -2.15. The van der Waals surface area contributed by atoms with Crippen LogP contribution < -0.4 is 11.1 Å². The Bertz CT molecular complexity index is 691. The summed E-state index contributed by atoms with van der Waals surface area (Å²) in [5, 5.41) is 2.61. The maximum atomic E-state index is 13.6. The van der Waals surface area contributed by atoms with Crippen LogP contribution in [0.2, 0.25) is 0 Å². The molecule has 0 saturated heterocycles. The number of hydrogen-bond donors (Lipinski definition) is 2. The fourth-order valence-corrected chi connectivity index (χ4v) is 2.14. The summed E-state index contributed by atoms with van der Waals surface area (Å²) in [6.45, 7) is 1.58. The first-order valence-corrected chi connectivity index (χ1v) is 6.98. The minimum Gasteiger partial charge on any atom is -0.398 e. The van der Waals surface area contributed by atoms with Crippen LogP contribution in [0, 0.1) is 11.6 Å². The second-order valence-corrected chi connectivity index (χ2v) is 5.45. The van der Waals surface area contributed by atoms with Gasteiger partial charge in [-0.15, -0.1) is 0 Å². The molecule has 0 aromatic heterocycles. The van der Waals surface area contributed by atoms with E-state index in [-0.39, 0.29) is 5.56 Å². The van der Waals surface area contributed by atoms with Crippen LogP contribution in [0.5, 0.6) is 0 Å². The van der Waals surface area contributed by atoms with Gasteiger partial charge in [0.25, 0.3) is 5.91 Å². The van der Waals surface area contributed by atoms with E-state index in [1.807, 2.05) is 0 Å². The van der Waals surface area contributed by atoms with Crippen molar-refractivity contribution in [1.82, 2.24) is 5.32 Å². The highest BCUT2D eigenvalue weighted by atomic mass is 79.9. The minimum atomic E-state index is -0.668. The molecular formula is C15H13BrF2N2O. The second-order valence-electron chi connectivity index (χ2n) is 4.60. The molecule has 1 amide bonds. The number of carbonyl (C=O) groups is 1. The van der Waals surface area contributed by atoms with Crippen LogP contribution in [0.4, 0.5) is 14.5 Å². The van der Waals surface area contributed by atoms with E-state index in [9.17, 15) is 13.6 Å². The fourth-order valence-electron chi connectivity index (χ4n) is 1.89. The number of nitrogens with one attached hydrogen (secondary N) is 1. The van der Waals surface area contributed by atoms with Gasteiger partial charge in [0, 0.05) is 21.3 Å². The summed E-state index contributed by atoms with van der Waals surface area (Å²) in [7, 11) is 0. The van der Waals surface area contributed by atoms with Crippen LogP contribution >= 0.6 is 15.9 Å². The van der Waals surface area contributed by atoms with Gasteiger partial charge in [-0.3, -0.25) is 4.79 Å². The SMILES string of the molecule is CC(NC(=O)c1ccc(Br)c(N)c1)c1cc(F)ccc1F. The van der Waals surface area contributed by atoms with Gasteiger partial charge in [0.1, 0.15) is 11.6 Å². The van der Waals surface area contributed by atoms with Crippen molar-refractivity contribution in [3.05, 3.63) is 63.6 Å². The number of nitrogens with two attached hydrogens (primary N) is 1. The largest absolute Gasteiger partial charge is 0.398 e. The average Bonchev–Trinajstić information content (AvgIpc) is 2.44. The number of rotatable bonds is 3. The van der Waals surface area contributed by atoms with Gasteiger partial charge < -0.3 is 11.1 Å². The third-order valence-corrected chi connectivity index (χ3v) is 3.75. The summed E-state index contributed by atoms with van der Waals surface area (Å²) in [6, 6.07) is 7.21. The van der Waals surface area contributed by atoms with Gasteiger partial charge in [0.2, 0.25) is 0 Å². The Morgan fingerprint density at radius 3 is 2.62 bits per heavy atom. The van der Waals surface area contributed by atoms with Gasteiger partial charge in [-0.2, -0.15) is 0 Å². The quantitative estimate of drug-likeness (QED) is 0.823. The summed E-state index contributed by atoms with van der Waals surface area (Å²) in [6.07, 6.45) is 0. The minimum absolute atomic E-state index is 0.0911. The zero-order valence-corrected chi connectivity index (χ0v) is 12.7. The van der Waals surface area contributed by atoms with E-state index >= 15 is 0 Å². The lowest BCUT2D eigenvalue weighted by atomic mass is 10.1. The van der Waals surface area contributed by atoms with Crippen molar-refractivity contribution in [3.8, 4) is 0 Å². The Labute approximate surface area is 129 Å². The lowest BCUT2D eigenvalue weighted by molar-refractivity contribution is 0.0939. The number of halogens is 3. The van der Waals surface area contributed by atoms with Crippen molar-refractivity contribution < 1.29 is 13.6 Å². The van der Waals surface area contributed by atoms with Crippen LogP contribution in [-0.4, -0.2) is 5.91 Å². The molecule has 110 valence electrons. The maximum absolute atomic E-state index is 13.6. The van der Waals surface area contributed by atoms with Crippen molar-refractivity contribution in [2.24, 2.45) is 0 Å². The molecule has 1 unspecified atom stereocenters. The Morgan fingerprint density at radius 2 is 1.95 bits per heavy atom. The number of amides is 1. The number of anilines is 1. The molecule has 6 heteroatoms. The van der Waals surface area contributed by atoms with Gasteiger partial charge in [-0.1, -0.05) is 0 Å². The molecular weight excluding hydrogens is 342 g/mol. The van der Waals surface area contributed by atoms with Crippen LogP contribution in [-0.2, 0) is 0 Å². The molecule has 0 aliphatic carbocycles. The summed E-state index contributed by atoms with van der Waals surface area (Å²) in [4.78, 5) is 12.1. The van der Waals surface area contributed by atoms with E-state index in [4.69, 9.17) is 5.73 Å². The Morgan fingerprint density at radius 1 is 1.24 bits per heavy atom. The molecule has 0 spiro atoms. The third kappa shape index (κ3) is 3.58. The first kappa shape index (κ1) is 15.4. The Hall–Kier alpha value is -1.95. The number of hydrogen-bond acceptors (Lipinski definition) is 2. The van der Waals surface area contributed by atoms with E-state index in [0.717, 1.165) is 18.2 Å². The van der Waals surface area contributed by atoms with Crippen molar-refractivity contribution >= 4 is 27.5 Å². The monoisotopic (exact) mass is 354 g/mol. The molecule has 0 radical (unpaired) electrons. The average molecular weight is 355 g/mol. The number of carbonyl (C=O) groups excluding carboxylic acids is 1. The topological polar surface area (TPSA) is 55.1 Å². The van der Waals surface area contributed by atoms with Crippen molar-refractivity contribution in [1.29, 1.82) is 0 Å². The van der Waals surface area contributed by atoms with E-state index in [2.05, 4.69) is 21.2 Å². The molecule has 0 heterocycles. The van der Waals surface area contributed by atoms with Gasteiger partial charge in [0.15, 0.2) is 0 Å². The number of nitrogen functional groups attached to an aromatic ring is 1. The van der Waals surface area contributed by atoms with Gasteiger partial charge in [-0.25, -0.2) is 8.78 Å². The molecule has 3 nitrogen and oxygen atoms in total. The van der Waals surface area contributed by atoms with E-state index < -0.39 is 23.6 Å². The third-order valence-electron chi connectivity index (χ3n) is 3.03. The molecule has 0 aliphatic heterocycles. The van der Waals surface area contributed by atoms with Gasteiger partial charge >= 0.3 is 0 Å². The Balaban J connectivity index is 2.18. The molecule has 2 aromatic carbocycles. The molecule has 2 rings (SSSR count). The normalized spacial score (nSPS) is 12.0. The lowest BCUT2D eigenvalue weighted by Crippen LogP contribution is -2.27. The fraction of sp³-hybridized carbons (Fsp3) is 0.133. The first-order chi connectivity index (χ1) is 9.88.